The number of rotatable bonds is 5. The van der Waals surface area contributed by atoms with Gasteiger partial charge in [0, 0.05) is 60.8 Å². The van der Waals surface area contributed by atoms with Crippen LogP contribution in [0.4, 0.5) is 0 Å². The van der Waals surface area contributed by atoms with Crippen LogP contribution in [0.5, 0.6) is 0 Å². The third kappa shape index (κ3) is 4.30. The van der Waals surface area contributed by atoms with Gasteiger partial charge in [0.05, 0.1) is 5.52 Å². The summed E-state index contributed by atoms with van der Waals surface area (Å²) in [5.74, 6) is 0. The molecule has 0 spiro atoms. The van der Waals surface area contributed by atoms with Gasteiger partial charge < -0.3 is 4.57 Å². The van der Waals surface area contributed by atoms with Gasteiger partial charge in [0.15, 0.2) is 0 Å². The molecule has 0 aliphatic carbocycles. The van der Waals surface area contributed by atoms with Crippen LogP contribution in [-0.2, 0) is 19.4 Å². The molecule has 5 aromatic rings. The Kier molecular flexibility index (Phi) is 6.01. The van der Waals surface area contributed by atoms with Gasteiger partial charge in [-0.05, 0) is 68.2 Å². The standard InChI is InChI=1S/C32H32N4O/c1-22-11-12-29-27(20-22)28-21-34(18-15-30(28)35(29)19-13-25-9-5-4-6-10-25)17-14-26-24(3)33-31-23(2)8-7-16-36(31)32(26)37/h4-13,16,19-20H,14-15,17-18,21H2,1-3H3/b19-13+. The van der Waals surface area contributed by atoms with Crippen molar-refractivity contribution >= 4 is 28.8 Å². The number of benzene rings is 2. The molecule has 5 heteroatoms. The molecular formula is C32H32N4O. The zero-order chi connectivity index (χ0) is 25.5. The third-order valence-corrected chi connectivity index (χ3v) is 7.67. The van der Waals surface area contributed by atoms with Gasteiger partial charge in [0.1, 0.15) is 5.65 Å². The van der Waals surface area contributed by atoms with E-state index in [1.54, 1.807) is 4.40 Å². The molecule has 6 rings (SSSR count). The van der Waals surface area contributed by atoms with Crippen molar-refractivity contribution in [3.63, 3.8) is 0 Å². The number of fused-ring (bicyclic) bond motifs is 4. The molecule has 186 valence electrons. The first-order chi connectivity index (χ1) is 18.0. The highest BCUT2D eigenvalue weighted by Gasteiger charge is 2.24. The van der Waals surface area contributed by atoms with Gasteiger partial charge in [-0.2, -0.15) is 0 Å². The Morgan fingerprint density at radius 2 is 1.84 bits per heavy atom. The molecule has 4 heterocycles. The van der Waals surface area contributed by atoms with E-state index in [1.165, 1.54) is 33.3 Å². The number of pyridine rings is 1. The van der Waals surface area contributed by atoms with Gasteiger partial charge in [-0.1, -0.05) is 48.0 Å². The van der Waals surface area contributed by atoms with Gasteiger partial charge in [-0.15, -0.1) is 0 Å². The SMILES string of the molecule is Cc1ccc2c(c1)c1c(n2/C=C/c2ccccc2)CCN(CCc2c(C)nc3c(C)cccn3c2=O)C1. The fraction of sp³-hybridized carbons (Fsp3) is 0.250. The highest BCUT2D eigenvalue weighted by Crippen LogP contribution is 2.32. The van der Waals surface area contributed by atoms with Crippen molar-refractivity contribution in [1.82, 2.24) is 18.9 Å². The lowest BCUT2D eigenvalue weighted by molar-refractivity contribution is 0.256. The van der Waals surface area contributed by atoms with Crippen LogP contribution < -0.4 is 5.56 Å². The molecule has 0 amide bonds. The van der Waals surface area contributed by atoms with E-state index in [2.05, 4.69) is 71.1 Å². The molecule has 0 atom stereocenters. The van der Waals surface area contributed by atoms with Gasteiger partial charge in [0.25, 0.3) is 5.56 Å². The maximum Gasteiger partial charge on any atom is 0.261 e. The van der Waals surface area contributed by atoms with Crippen molar-refractivity contribution < 1.29 is 0 Å². The molecule has 0 fully saturated rings. The molecule has 0 bridgehead atoms. The minimum atomic E-state index is 0.0576. The van der Waals surface area contributed by atoms with Crippen LogP contribution in [0.2, 0.25) is 0 Å². The lowest BCUT2D eigenvalue weighted by Gasteiger charge is -2.28. The van der Waals surface area contributed by atoms with E-state index in [0.717, 1.165) is 48.5 Å². The van der Waals surface area contributed by atoms with E-state index >= 15 is 0 Å². The van der Waals surface area contributed by atoms with Crippen molar-refractivity contribution in [2.45, 2.75) is 40.2 Å². The van der Waals surface area contributed by atoms with E-state index < -0.39 is 0 Å². The van der Waals surface area contributed by atoms with Gasteiger partial charge in [-0.25, -0.2) is 4.98 Å². The molecule has 2 aromatic carbocycles. The fourth-order valence-corrected chi connectivity index (χ4v) is 5.65. The van der Waals surface area contributed by atoms with Gasteiger partial charge in [0.2, 0.25) is 0 Å². The van der Waals surface area contributed by atoms with Crippen molar-refractivity contribution in [2.75, 3.05) is 13.1 Å². The number of hydrogen-bond donors (Lipinski definition) is 0. The zero-order valence-corrected chi connectivity index (χ0v) is 21.7. The minimum absolute atomic E-state index is 0.0576. The van der Waals surface area contributed by atoms with Crippen LogP contribution in [0.3, 0.4) is 0 Å². The Morgan fingerprint density at radius 3 is 2.68 bits per heavy atom. The number of aryl methyl sites for hydroxylation is 3. The smallest absolute Gasteiger partial charge is 0.261 e. The average molecular weight is 489 g/mol. The first kappa shape index (κ1) is 23.4. The summed E-state index contributed by atoms with van der Waals surface area (Å²) in [5.41, 5.74) is 10.0. The molecule has 3 aromatic heterocycles. The molecule has 0 unspecified atom stereocenters. The lowest BCUT2D eigenvalue weighted by atomic mass is 10.0. The molecule has 0 saturated carbocycles. The van der Waals surface area contributed by atoms with Crippen molar-refractivity contribution in [1.29, 1.82) is 0 Å². The summed E-state index contributed by atoms with van der Waals surface area (Å²) in [7, 11) is 0. The van der Waals surface area contributed by atoms with Crippen molar-refractivity contribution in [2.24, 2.45) is 0 Å². The summed E-state index contributed by atoms with van der Waals surface area (Å²) >= 11 is 0. The number of aromatic nitrogens is 3. The summed E-state index contributed by atoms with van der Waals surface area (Å²) in [4.78, 5) is 20.5. The Hall–Kier alpha value is -3.96. The van der Waals surface area contributed by atoms with E-state index in [0.29, 0.717) is 6.42 Å². The molecule has 1 aliphatic rings. The Balaban J connectivity index is 1.30. The van der Waals surface area contributed by atoms with Gasteiger partial charge in [-0.3, -0.25) is 14.1 Å². The summed E-state index contributed by atoms with van der Waals surface area (Å²) in [6.45, 7) is 8.83. The number of hydrogen-bond acceptors (Lipinski definition) is 3. The normalized spacial score (nSPS) is 14.1. The van der Waals surface area contributed by atoms with Gasteiger partial charge >= 0.3 is 0 Å². The minimum Gasteiger partial charge on any atom is -0.320 e. The predicted octanol–water partition coefficient (Wildman–Crippen LogP) is 5.80. The van der Waals surface area contributed by atoms with E-state index in [-0.39, 0.29) is 5.56 Å². The van der Waals surface area contributed by atoms with Crippen LogP contribution in [0.15, 0.2) is 71.7 Å². The molecule has 37 heavy (non-hydrogen) atoms. The van der Waals surface area contributed by atoms with E-state index in [9.17, 15) is 4.79 Å². The molecule has 0 radical (unpaired) electrons. The monoisotopic (exact) mass is 488 g/mol. The van der Waals surface area contributed by atoms with Crippen LogP contribution in [0.25, 0.3) is 28.8 Å². The maximum absolute atomic E-state index is 13.3. The molecule has 5 nitrogen and oxygen atoms in total. The lowest BCUT2D eigenvalue weighted by Crippen LogP contribution is -2.34. The van der Waals surface area contributed by atoms with Crippen LogP contribution in [0, 0.1) is 20.8 Å². The first-order valence-corrected chi connectivity index (χ1v) is 13.0. The third-order valence-electron chi connectivity index (χ3n) is 7.67. The quantitative estimate of drug-likeness (QED) is 0.314. The van der Waals surface area contributed by atoms with Crippen LogP contribution >= 0.6 is 0 Å². The fourth-order valence-electron chi connectivity index (χ4n) is 5.65. The molecule has 0 N–H and O–H groups in total. The Morgan fingerprint density at radius 1 is 1.00 bits per heavy atom. The summed E-state index contributed by atoms with van der Waals surface area (Å²) in [5, 5.41) is 1.33. The highest BCUT2D eigenvalue weighted by atomic mass is 16.1. The predicted molar refractivity (Wildman–Crippen MR) is 152 cm³/mol. The first-order valence-electron chi connectivity index (χ1n) is 13.0. The second-order valence-corrected chi connectivity index (χ2v) is 10.2. The number of nitrogens with zero attached hydrogens (tertiary/aromatic N) is 4. The van der Waals surface area contributed by atoms with E-state index in [4.69, 9.17) is 4.98 Å². The van der Waals surface area contributed by atoms with E-state index in [1.807, 2.05) is 38.2 Å². The highest BCUT2D eigenvalue weighted by molar-refractivity contribution is 5.89. The average Bonchev–Trinajstić information content (AvgIpc) is 3.20. The Bertz CT molecular complexity index is 1710. The Labute approximate surface area is 217 Å². The second kappa shape index (κ2) is 9.49. The maximum atomic E-state index is 13.3. The summed E-state index contributed by atoms with van der Waals surface area (Å²) in [6, 6.07) is 21.1. The van der Waals surface area contributed by atoms with Crippen LogP contribution in [0.1, 0.15) is 39.2 Å². The topological polar surface area (TPSA) is 42.5 Å². The second-order valence-electron chi connectivity index (χ2n) is 10.2. The van der Waals surface area contributed by atoms with Crippen molar-refractivity contribution in [3.8, 4) is 0 Å². The molecule has 0 saturated heterocycles. The zero-order valence-electron chi connectivity index (χ0n) is 21.7. The largest absolute Gasteiger partial charge is 0.320 e. The summed E-state index contributed by atoms with van der Waals surface area (Å²) < 4.78 is 4.07. The molecule has 1 aliphatic heterocycles. The van der Waals surface area contributed by atoms with Crippen LogP contribution in [-0.4, -0.2) is 31.9 Å². The summed E-state index contributed by atoms with van der Waals surface area (Å²) in [6.07, 6.45) is 7.92. The molecular weight excluding hydrogens is 456 g/mol. The van der Waals surface area contributed by atoms with Crippen molar-refractivity contribution in [3.05, 3.63) is 116 Å².